The summed E-state index contributed by atoms with van der Waals surface area (Å²) < 4.78 is 45.4. The number of halogens is 3. The molecule has 0 spiro atoms. The van der Waals surface area contributed by atoms with E-state index in [-0.39, 0.29) is 24.2 Å². The summed E-state index contributed by atoms with van der Waals surface area (Å²) in [5.41, 5.74) is 3.69. The predicted molar refractivity (Wildman–Crippen MR) is 112 cm³/mol. The molecule has 1 amide bonds. The Morgan fingerprint density at radius 1 is 1.19 bits per heavy atom. The number of ether oxygens (including phenoxy) is 1. The van der Waals surface area contributed by atoms with Crippen molar-refractivity contribution in [1.82, 2.24) is 24.9 Å². The van der Waals surface area contributed by atoms with E-state index >= 15 is 0 Å². The zero-order chi connectivity index (χ0) is 23.5. The van der Waals surface area contributed by atoms with Crippen LogP contribution in [0.25, 0.3) is 5.78 Å². The van der Waals surface area contributed by atoms with Crippen LogP contribution in [-0.2, 0) is 35.3 Å². The number of fused-ring (bicyclic) bond motifs is 1. The van der Waals surface area contributed by atoms with Gasteiger partial charge in [0.1, 0.15) is 0 Å². The van der Waals surface area contributed by atoms with Gasteiger partial charge < -0.3 is 10.1 Å². The van der Waals surface area contributed by atoms with Gasteiger partial charge in [-0.15, -0.1) is 5.10 Å². The van der Waals surface area contributed by atoms with Gasteiger partial charge in [0, 0.05) is 24.4 Å². The third kappa shape index (κ3) is 5.82. The summed E-state index contributed by atoms with van der Waals surface area (Å²) in [7, 11) is 0. The van der Waals surface area contributed by atoms with Crippen LogP contribution in [-0.4, -0.2) is 31.6 Å². The monoisotopic (exact) mass is 449 g/mol. The molecule has 0 aliphatic heterocycles. The summed E-state index contributed by atoms with van der Waals surface area (Å²) in [6, 6.07) is 7.80. The Morgan fingerprint density at radius 2 is 1.91 bits per heavy atom. The maximum Gasteiger partial charge on any atom is 0.453 e. The number of aromatic nitrogens is 4. The Morgan fingerprint density at radius 3 is 2.59 bits per heavy atom. The molecule has 7 nitrogen and oxygen atoms in total. The van der Waals surface area contributed by atoms with E-state index in [9.17, 15) is 18.0 Å². The number of hydrogen-bond donors (Lipinski definition) is 1. The molecular weight excluding hydrogens is 423 g/mol. The van der Waals surface area contributed by atoms with Crippen molar-refractivity contribution in [3.8, 4) is 0 Å². The molecule has 10 heteroatoms. The van der Waals surface area contributed by atoms with E-state index in [0.717, 1.165) is 15.6 Å². The summed E-state index contributed by atoms with van der Waals surface area (Å²) in [5.74, 6) is -1.51. The van der Waals surface area contributed by atoms with Crippen molar-refractivity contribution < 1.29 is 22.7 Å². The van der Waals surface area contributed by atoms with E-state index in [1.807, 2.05) is 38.1 Å². The standard InChI is InChI=1S/C22H26F3N5O2/c1-13(2)32-12-17-7-5-6-16(10-17)11-26-19(31)9-8-18-14(3)27-21-28-20(22(23,24)25)29-30(21)15(18)4/h5-7,10,13H,8-9,11-12H2,1-4H3,(H,26,31). The lowest BCUT2D eigenvalue weighted by Crippen LogP contribution is -2.23. The Bertz CT molecular complexity index is 1110. The number of benzene rings is 1. The molecule has 172 valence electrons. The van der Waals surface area contributed by atoms with Crippen LogP contribution in [0.1, 0.15) is 54.2 Å². The minimum absolute atomic E-state index is 0.109. The number of aryl methyl sites for hydroxylation is 2. The zero-order valence-corrected chi connectivity index (χ0v) is 18.5. The highest BCUT2D eigenvalue weighted by Crippen LogP contribution is 2.27. The summed E-state index contributed by atoms with van der Waals surface area (Å²) in [6.45, 7) is 8.16. The van der Waals surface area contributed by atoms with Crippen molar-refractivity contribution in [3.63, 3.8) is 0 Å². The fourth-order valence-corrected chi connectivity index (χ4v) is 3.31. The molecule has 2 heterocycles. The normalized spacial score (nSPS) is 12.0. The van der Waals surface area contributed by atoms with Gasteiger partial charge in [-0.25, -0.2) is 9.50 Å². The molecule has 0 aliphatic carbocycles. The highest BCUT2D eigenvalue weighted by atomic mass is 19.4. The van der Waals surface area contributed by atoms with Crippen LogP contribution in [0.3, 0.4) is 0 Å². The second-order valence-corrected chi connectivity index (χ2v) is 7.86. The number of nitrogens with zero attached hydrogens (tertiary/aromatic N) is 4. The van der Waals surface area contributed by atoms with E-state index in [4.69, 9.17) is 4.74 Å². The molecule has 0 saturated heterocycles. The van der Waals surface area contributed by atoms with E-state index in [1.54, 1.807) is 13.8 Å². The van der Waals surface area contributed by atoms with Gasteiger partial charge in [-0.05, 0) is 50.8 Å². The lowest BCUT2D eigenvalue weighted by atomic mass is 10.1. The van der Waals surface area contributed by atoms with Gasteiger partial charge in [0.2, 0.25) is 5.91 Å². The van der Waals surface area contributed by atoms with Gasteiger partial charge in [-0.1, -0.05) is 24.3 Å². The minimum atomic E-state index is -4.65. The quantitative estimate of drug-likeness (QED) is 0.564. The summed E-state index contributed by atoms with van der Waals surface area (Å²) in [6.07, 6.45) is -4.01. The van der Waals surface area contributed by atoms with Crippen LogP contribution in [0.4, 0.5) is 13.2 Å². The number of nitrogens with one attached hydrogen (secondary N) is 1. The molecule has 0 unspecified atom stereocenters. The van der Waals surface area contributed by atoms with Crippen molar-refractivity contribution in [1.29, 1.82) is 0 Å². The number of carbonyl (C=O) groups is 1. The molecular formula is C22H26F3N5O2. The molecule has 0 fully saturated rings. The largest absolute Gasteiger partial charge is 0.453 e. The fraction of sp³-hybridized carbons (Fsp3) is 0.455. The van der Waals surface area contributed by atoms with Gasteiger partial charge in [0.25, 0.3) is 11.6 Å². The third-order valence-electron chi connectivity index (χ3n) is 4.97. The average Bonchev–Trinajstić information content (AvgIpc) is 3.15. The average molecular weight is 449 g/mol. The molecule has 0 radical (unpaired) electrons. The topological polar surface area (TPSA) is 81.4 Å². The van der Waals surface area contributed by atoms with Gasteiger partial charge in [-0.2, -0.15) is 18.2 Å². The van der Waals surface area contributed by atoms with Crippen molar-refractivity contribution in [2.24, 2.45) is 0 Å². The Labute approximate surface area is 184 Å². The fourth-order valence-electron chi connectivity index (χ4n) is 3.31. The van der Waals surface area contributed by atoms with E-state index in [1.165, 1.54) is 0 Å². The SMILES string of the molecule is Cc1nc2nc(C(F)(F)F)nn2c(C)c1CCC(=O)NCc1cccc(COC(C)C)c1. The highest BCUT2D eigenvalue weighted by Gasteiger charge is 2.36. The Hall–Kier alpha value is -3.01. The first-order chi connectivity index (χ1) is 15.0. The molecule has 0 aliphatic rings. The second-order valence-electron chi connectivity index (χ2n) is 7.86. The molecule has 0 saturated carbocycles. The lowest BCUT2D eigenvalue weighted by Gasteiger charge is -2.11. The van der Waals surface area contributed by atoms with Crippen LogP contribution in [0, 0.1) is 13.8 Å². The van der Waals surface area contributed by atoms with E-state index < -0.39 is 12.0 Å². The van der Waals surface area contributed by atoms with Crippen molar-refractivity contribution in [3.05, 3.63) is 58.2 Å². The van der Waals surface area contributed by atoms with Gasteiger partial charge in [0.05, 0.1) is 12.7 Å². The van der Waals surface area contributed by atoms with Crippen LogP contribution in [0.15, 0.2) is 24.3 Å². The molecule has 1 aromatic carbocycles. The molecule has 3 rings (SSSR count). The number of carbonyl (C=O) groups excluding carboxylic acids is 1. The first-order valence-electron chi connectivity index (χ1n) is 10.3. The second kappa shape index (κ2) is 9.64. The zero-order valence-electron chi connectivity index (χ0n) is 18.5. The summed E-state index contributed by atoms with van der Waals surface area (Å²) in [5, 5.41) is 6.41. The number of hydrogen-bond acceptors (Lipinski definition) is 5. The van der Waals surface area contributed by atoms with E-state index in [0.29, 0.717) is 36.5 Å². The first kappa shape index (κ1) is 23.6. The molecule has 0 bridgehead atoms. The summed E-state index contributed by atoms with van der Waals surface area (Å²) in [4.78, 5) is 20.0. The van der Waals surface area contributed by atoms with Crippen LogP contribution in [0.5, 0.6) is 0 Å². The Kier molecular flexibility index (Phi) is 7.12. The number of amides is 1. The smallest absolute Gasteiger partial charge is 0.374 e. The minimum Gasteiger partial charge on any atom is -0.374 e. The van der Waals surface area contributed by atoms with Gasteiger partial charge >= 0.3 is 6.18 Å². The molecule has 1 N–H and O–H groups in total. The van der Waals surface area contributed by atoms with Crippen molar-refractivity contribution in [2.45, 2.75) is 66.0 Å². The van der Waals surface area contributed by atoms with Gasteiger partial charge in [0.15, 0.2) is 0 Å². The van der Waals surface area contributed by atoms with Crippen LogP contribution < -0.4 is 5.32 Å². The van der Waals surface area contributed by atoms with Crippen molar-refractivity contribution >= 4 is 11.7 Å². The molecule has 2 aromatic heterocycles. The maximum atomic E-state index is 12.9. The first-order valence-corrected chi connectivity index (χ1v) is 10.3. The molecule has 3 aromatic rings. The summed E-state index contributed by atoms with van der Waals surface area (Å²) >= 11 is 0. The molecule has 0 atom stereocenters. The maximum absolute atomic E-state index is 12.9. The Balaban J connectivity index is 1.62. The van der Waals surface area contributed by atoms with Crippen molar-refractivity contribution in [2.75, 3.05) is 0 Å². The highest BCUT2D eigenvalue weighted by molar-refractivity contribution is 5.76. The van der Waals surface area contributed by atoms with Crippen LogP contribution in [0.2, 0.25) is 0 Å². The molecule has 32 heavy (non-hydrogen) atoms. The van der Waals surface area contributed by atoms with Crippen LogP contribution >= 0.6 is 0 Å². The lowest BCUT2D eigenvalue weighted by molar-refractivity contribution is -0.144. The predicted octanol–water partition coefficient (Wildman–Crippen LogP) is 3.93. The van der Waals surface area contributed by atoms with E-state index in [2.05, 4.69) is 20.4 Å². The van der Waals surface area contributed by atoms with Gasteiger partial charge in [-0.3, -0.25) is 4.79 Å². The third-order valence-corrected chi connectivity index (χ3v) is 4.97. The number of alkyl halides is 3. The number of rotatable bonds is 8.